The van der Waals surface area contributed by atoms with Crippen molar-refractivity contribution in [2.24, 2.45) is 5.73 Å². The lowest BCUT2D eigenvalue weighted by Gasteiger charge is -2.24. The van der Waals surface area contributed by atoms with E-state index < -0.39 is 17.7 Å². The Hall–Kier alpha value is -2.77. The second-order valence-electron chi connectivity index (χ2n) is 6.91. The minimum atomic E-state index is -1.11. The van der Waals surface area contributed by atoms with E-state index in [4.69, 9.17) is 22.1 Å². The Kier molecular flexibility index (Phi) is 6.88. The van der Waals surface area contributed by atoms with Crippen LogP contribution in [0.1, 0.15) is 38.0 Å². The molecule has 0 aliphatic carbocycles. The fraction of sp³-hybridized carbons (Fsp3) is 0.300. The summed E-state index contributed by atoms with van der Waals surface area (Å²) in [5.41, 5.74) is 5.52. The smallest absolute Gasteiger partial charge is 0.313 e. The van der Waals surface area contributed by atoms with Crippen LogP contribution in [-0.4, -0.2) is 22.6 Å². The van der Waals surface area contributed by atoms with Gasteiger partial charge in [0.1, 0.15) is 17.0 Å². The molecule has 0 radical (unpaired) electrons. The molecule has 1 atom stereocenters. The number of hydrogen-bond donors (Lipinski definition) is 4. The number of hydrogen-bond acceptors (Lipinski definition) is 4. The number of carbonyl (C=O) groups is 2. The molecular weight excluding hydrogens is 382 g/mol. The van der Waals surface area contributed by atoms with Gasteiger partial charge in [-0.05, 0) is 56.2 Å². The summed E-state index contributed by atoms with van der Waals surface area (Å²) in [6, 6.07) is 11.5. The monoisotopic (exact) mass is 405 g/mol. The van der Waals surface area contributed by atoms with Crippen LogP contribution in [0.3, 0.4) is 0 Å². The highest BCUT2D eigenvalue weighted by molar-refractivity contribution is 6.32. The zero-order valence-electron chi connectivity index (χ0n) is 16.0. The van der Waals surface area contributed by atoms with Crippen LogP contribution in [0.5, 0.6) is 11.5 Å². The lowest BCUT2D eigenvalue weighted by molar-refractivity contribution is -0.126. The van der Waals surface area contributed by atoms with E-state index in [1.54, 1.807) is 51.1 Å². The molecule has 3 amide bonds. The van der Waals surface area contributed by atoms with E-state index in [-0.39, 0.29) is 12.5 Å². The van der Waals surface area contributed by atoms with Crippen LogP contribution in [0.2, 0.25) is 5.02 Å². The van der Waals surface area contributed by atoms with E-state index in [0.717, 1.165) is 5.56 Å². The molecule has 1 unspecified atom stereocenters. The van der Waals surface area contributed by atoms with E-state index in [2.05, 4.69) is 10.6 Å². The summed E-state index contributed by atoms with van der Waals surface area (Å²) >= 11 is 6.20. The van der Waals surface area contributed by atoms with E-state index in [1.165, 1.54) is 0 Å². The highest BCUT2D eigenvalue weighted by Gasteiger charge is 2.28. The normalized spacial score (nSPS) is 12.2. The summed E-state index contributed by atoms with van der Waals surface area (Å²) in [4.78, 5) is 23.1. The molecule has 0 heterocycles. The number of halogens is 1. The third-order valence-electron chi connectivity index (χ3n) is 4.05. The maximum atomic E-state index is 12.2. The van der Waals surface area contributed by atoms with Gasteiger partial charge >= 0.3 is 6.03 Å². The van der Waals surface area contributed by atoms with Gasteiger partial charge in [-0.2, -0.15) is 0 Å². The summed E-state index contributed by atoms with van der Waals surface area (Å²) in [6.45, 7) is 5.08. The lowest BCUT2D eigenvalue weighted by Crippen LogP contribution is -2.55. The van der Waals surface area contributed by atoms with Crippen molar-refractivity contribution in [1.82, 2.24) is 10.6 Å². The Morgan fingerprint density at radius 2 is 1.86 bits per heavy atom. The first-order valence-corrected chi connectivity index (χ1v) is 9.06. The van der Waals surface area contributed by atoms with Gasteiger partial charge in [-0.25, -0.2) is 4.79 Å². The second-order valence-corrected chi connectivity index (χ2v) is 7.32. The maximum absolute atomic E-state index is 12.2. The highest BCUT2D eigenvalue weighted by atomic mass is 35.5. The molecular formula is C20H24ClN3O4. The van der Waals surface area contributed by atoms with E-state index in [0.29, 0.717) is 22.1 Å². The van der Waals surface area contributed by atoms with Gasteiger partial charge in [0.2, 0.25) is 5.91 Å². The fourth-order valence-electron chi connectivity index (χ4n) is 2.43. The Morgan fingerprint density at radius 1 is 1.21 bits per heavy atom. The van der Waals surface area contributed by atoms with Crippen molar-refractivity contribution in [3.8, 4) is 11.5 Å². The van der Waals surface area contributed by atoms with Crippen LogP contribution in [0.25, 0.3) is 0 Å². The molecule has 8 heteroatoms. The summed E-state index contributed by atoms with van der Waals surface area (Å²) in [5, 5.41) is 15.1. The number of carbonyl (C=O) groups excluding carboxylic acids is 2. The third kappa shape index (κ3) is 5.87. The molecule has 0 spiro atoms. The topological polar surface area (TPSA) is 114 Å². The summed E-state index contributed by atoms with van der Waals surface area (Å²) in [5.74, 6) is 0.709. The lowest BCUT2D eigenvalue weighted by atomic mass is 10.0. The van der Waals surface area contributed by atoms with Gasteiger partial charge in [-0.3, -0.25) is 4.79 Å². The summed E-state index contributed by atoms with van der Waals surface area (Å²) < 4.78 is 5.76. The van der Waals surface area contributed by atoms with Crippen molar-refractivity contribution in [1.29, 1.82) is 0 Å². The highest BCUT2D eigenvalue weighted by Crippen LogP contribution is 2.31. The SMILES string of the molecule is CC(O)c1ccc(Oc2ccc(CNC(=O)C(C)(C)NC(N)=O)cc2)c(Cl)c1. The van der Waals surface area contributed by atoms with Crippen LogP contribution < -0.4 is 21.1 Å². The molecule has 5 N–H and O–H groups in total. The van der Waals surface area contributed by atoms with Gasteiger partial charge in [0.25, 0.3) is 0 Å². The van der Waals surface area contributed by atoms with Gasteiger partial charge in [-0.1, -0.05) is 29.8 Å². The Balaban J connectivity index is 1.97. The van der Waals surface area contributed by atoms with Gasteiger partial charge in [0.15, 0.2) is 0 Å². The largest absolute Gasteiger partial charge is 0.456 e. The number of urea groups is 1. The number of nitrogens with two attached hydrogens (primary N) is 1. The van der Waals surface area contributed by atoms with Gasteiger partial charge in [-0.15, -0.1) is 0 Å². The number of rotatable bonds is 7. The molecule has 0 aliphatic heterocycles. The molecule has 2 aromatic carbocycles. The number of primary amides is 1. The first-order chi connectivity index (χ1) is 13.1. The minimum absolute atomic E-state index is 0.285. The van der Waals surface area contributed by atoms with Crippen molar-refractivity contribution < 1.29 is 19.4 Å². The maximum Gasteiger partial charge on any atom is 0.313 e. The molecule has 0 aliphatic rings. The predicted octanol–water partition coefficient (Wildman–Crippen LogP) is 3.25. The van der Waals surface area contributed by atoms with E-state index in [1.807, 2.05) is 12.1 Å². The van der Waals surface area contributed by atoms with Crippen molar-refractivity contribution in [3.05, 3.63) is 58.6 Å². The average molecular weight is 406 g/mol. The molecule has 2 aromatic rings. The molecule has 0 aromatic heterocycles. The quantitative estimate of drug-likeness (QED) is 0.566. The zero-order chi connectivity index (χ0) is 20.9. The number of benzene rings is 2. The molecule has 7 nitrogen and oxygen atoms in total. The van der Waals surface area contributed by atoms with Crippen LogP contribution in [0, 0.1) is 0 Å². The molecule has 28 heavy (non-hydrogen) atoms. The summed E-state index contributed by atoms with van der Waals surface area (Å²) in [7, 11) is 0. The third-order valence-corrected chi connectivity index (χ3v) is 4.34. The predicted molar refractivity (Wildman–Crippen MR) is 107 cm³/mol. The van der Waals surface area contributed by atoms with Crippen molar-refractivity contribution >= 4 is 23.5 Å². The molecule has 150 valence electrons. The van der Waals surface area contributed by atoms with Crippen molar-refractivity contribution in [2.45, 2.75) is 39.0 Å². The number of aliphatic hydroxyl groups excluding tert-OH is 1. The van der Waals surface area contributed by atoms with Gasteiger partial charge < -0.3 is 26.2 Å². The van der Waals surface area contributed by atoms with Crippen molar-refractivity contribution in [2.75, 3.05) is 0 Å². The van der Waals surface area contributed by atoms with Gasteiger partial charge in [0, 0.05) is 6.54 Å². The Bertz CT molecular complexity index is 851. The van der Waals surface area contributed by atoms with Crippen molar-refractivity contribution in [3.63, 3.8) is 0 Å². The number of ether oxygens (including phenoxy) is 1. The number of aliphatic hydroxyl groups is 1. The molecule has 0 saturated heterocycles. The Labute approximate surface area is 168 Å². The average Bonchev–Trinajstić information content (AvgIpc) is 2.61. The van der Waals surface area contributed by atoms with Crippen LogP contribution in [-0.2, 0) is 11.3 Å². The minimum Gasteiger partial charge on any atom is -0.456 e. The van der Waals surface area contributed by atoms with Gasteiger partial charge in [0.05, 0.1) is 11.1 Å². The van der Waals surface area contributed by atoms with Crippen LogP contribution in [0.4, 0.5) is 4.79 Å². The first-order valence-electron chi connectivity index (χ1n) is 8.68. The number of nitrogens with one attached hydrogen (secondary N) is 2. The Morgan fingerprint density at radius 3 is 2.39 bits per heavy atom. The van der Waals surface area contributed by atoms with E-state index >= 15 is 0 Å². The first kappa shape index (κ1) is 21.5. The molecule has 0 bridgehead atoms. The standard InChI is InChI=1S/C20H24ClN3O4/c1-12(25)14-6-9-17(16(21)10-14)28-15-7-4-13(5-8-15)11-23-18(26)20(2,3)24-19(22)27/h4-10,12,25H,11H2,1-3H3,(H,23,26)(H3,22,24,27). The van der Waals surface area contributed by atoms with E-state index in [9.17, 15) is 14.7 Å². The zero-order valence-corrected chi connectivity index (χ0v) is 16.7. The molecule has 0 fully saturated rings. The van der Waals surface area contributed by atoms with Crippen LogP contribution in [0.15, 0.2) is 42.5 Å². The molecule has 2 rings (SSSR count). The second kappa shape index (κ2) is 8.95. The van der Waals surface area contributed by atoms with Crippen LogP contribution >= 0.6 is 11.6 Å². The number of amides is 3. The summed E-state index contributed by atoms with van der Waals surface area (Å²) in [6.07, 6.45) is -0.607. The molecule has 0 saturated carbocycles. The fourth-order valence-corrected chi connectivity index (χ4v) is 2.66.